The first kappa shape index (κ1) is 8.74. The molecule has 0 aromatic carbocycles. The summed E-state index contributed by atoms with van der Waals surface area (Å²) in [6, 6.07) is 3.69. The Bertz CT molecular complexity index is 243. The number of ether oxygens (including phenoxy) is 1. The second-order valence-electron chi connectivity index (χ2n) is 2.31. The molecule has 12 heavy (non-hydrogen) atoms. The van der Waals surface area contributed by atoms with Gasteiger partial charge < -0.3 is 10.5 Å². The lowest BCUT2D eigenvalue weighted by Gasteiger charge is -2.01. The number of aromatic nitrogens is 1. The van der Waals surface area contributed by atoms with E-state index in [1.165, 1.54) is 0 Å². The molecular formula is C9H12N2O. The van der Waals surface area contributed by atoms with Crippen molar-refractivity contribution in [3.05, 3.63) is 36.5 Å². The summed E-state index contributed by atoms with van der Waals surface area (Å²) in [4.78, 5) is 4.04. The van der Waals surface area contributed by atoms with Gasteiger partial charge >= 0.3 is 0 Å². The quantitative estimate of drug-likeness (QED) is 0.678. The molecule has 1 rings (SSSR count). The molecule has 0 spiro atoms. The largest absolute Gasteiger partial charge is 0.473 e. The predicted molar refractivity (Wildman–Crippen MR) is 47.8 cm³/mol. The van der Waals surface area contributed by atoms with E-state index in [1.807, 2.05) is 6.07 Å². The van der Waals surface area contributed by atoms with Gasteiger partial charge in [-0.25, -0.2) is 4.98 Å². The number of hydrogen-bond donors (Lipinski definition) is 1. The van der Waals surface area contributed by atoms with Crippen molar-refractivity contribution in [1.29, 1.82) is 0 Å². The highest BCUT2D eigenvalue weighted by atomic mass is 16.5. The highest BCUT2D eigenvalue weighted by Crippen LogP contribution is 2.06. The Morgan fingerprint density at radius 2 is 2.42 bits per heavy atom. The lowest BCUT2D eigenvalue weighted by Crippen LogP contribution is -1.99. The first-order valence-corrected chi connectivity index (χ1v) is 3.75. The molecule has 1 heterocycles. The second kappa shape index (κ2) is 4.51. The molecule has 1 aromatic rings. The standard InChI is InChI=1S/C9H12N2O/c1-2-5-12-9-4-3-8(6-10)7-11-9/h2-4,7H,1,5-6,10H2. The SMILES string of the molecule is C=CCOc1ccc(CN)cn1. The van der Waals surface area contributed by atoms with E-state index in [4.69, 9.17) is 10.5 Å². The van der Waals surface area contributed by atoms with Crippen LogP contribution < -0.4 is 10.5 Å². The van der Waals surface area contributed by atoms with Crippen molar-refractivity contribution in [2.45, 2.75) is 6.54 Å². The Kier molecular flexibility index (Phi) is 3.29. The third-order valence-corrected chi connectivity index (χ3v) is 1.38. The average Bonchev–Trinajstić information content (AvgIpc) is 2.15. The Morgan fingerprint density at radius 1 is 1.58 bits per heavy atom. The summed E-state index contributed by atoms with van der Waals surface area (Å²) in [6.07, 6.45) is 3.39. The van der Waals surface area contributed by atoms with Gasteiger partial charge in [-0.15, -0.1) is 0 Å². The molecule has 0 bridgehead atoms. The van der Waals surface area contributed by atoms with Crippen LogP contribution in [0, 0.1) is 0 Å². The van der Waals surface area contributed by atoms with Crippen molar-refractivity contribution in [2.75, 3.05) is 6.61 Å². The second-order valence-corrected chi connectivity index (χ2v) is 2.31. The zero-order valence-electron chi connectivity index (χ0n) is 6.86. The van der Waals surface area contributed by atoms with Gasteiger partial charge in [0.1, 0.15) is 6.61 Å². The molecule has 0 aliphatic rings. The van der Waals surface area contributed by atoms with E-state index in [1.54, 1.807) is 18.3 Å². The minimum absolute atomic E-state index is 0.481. The van der Waals surface area contributed by atoms with Crippen LogP contribution in [0.3, 0.4) is 0 Å². The Balaban J connectivity index is 2.58. The van der Waals surface area contributed by atoms with Crippen molar-refractivity contribution < 1.29 is 4.74 Å². The fourth-order valence-electron chi connectivity index (χ4n) is 0.761. The van der Waals surface area contributed by atoms with E-state index >= 15 is 0 Å². The summed E-state index contributed by atoms with van der Waals surface area (Å²) in [7, 11) is 0. The van der Waals surface area contributed by atoms with Crippen LogP contribution in [0.25, 0.3) is 0 Å². The summed E-state index contributed by atoms with van der Waals surface area (Å²) in [5, 5.41) is 0. The van der Waals surface area contributed by atoms with Gasteiger partial charge in [-0.1, -0.05) is 18.7 Å². The van der Waals surface area contributed by atoms with E-state index < -0.39 is 0 Å². The molecule has 0 amide bonds. The summed E-state index contributed by atoms with van der Waals surface area (Å²) in [6.45, 7) is 4.53. The van der Waals surface area contributed by atoms with Crippen molar-refractivity contribution in [3.8, 4) is 5.88 Å². The first-order chi connectivity index (χ1) is 5.86. The predicted octanol–water partition coefficient (Wildman–Crippen LogP) is 1.11. The highest BCUT2D eigenvalue weighted by Gasteiger charge is 1.93. The number of rotatable bonds is 4. The van der Waals surface area contributed by atoms with E-state index in [2.05, 4.69) is 11.6 Å². The van der Waals surface area contributed by atoms with Crippen molar-refractivity contribution in [1.82, 2.24) is 4.98 Å². The summed E-state index contributed by atoms with van der Waals surface area (Å²) >= 11 is 0. The zero-order valence-corrected chi connectivity index (χ0v) is 6.86. The molecule has 0 atom stereocenters. The van der Waals surface area contributed by atoms with Gasteiger partial charge in [0.05, 0.1) is 0 Å². The van der Waals surface area contributed by atoms with E-state index in [0.29, 0.717) is 19.0 Å². The zero-order chi connectivity index (χ0) is 8.81. The molecule has 3 nitrogen and oxygen atoms in total. The molecule has 1 aromatic heterocycles. The van der Waals surface area contributed by atoms with Gasteiger partial charge in [0.2, 0.25) is 5.88 Å². The molecule has 0 saturated carbocycles. The minimum Gasteiger partial charge on any atom is -0.473 e. The van der Waals surface area contributed by atoms with Gasteiger partial charge in [0.25, 0.3) is 0 Å². The number of nitrogens with two attached hydrogens (primary N) is 1. The molecule has 0 radical (unpaired) electrons. The Hall–Kier alpha value is -1.35. The van der Waals surface area contributed by atoms with Crippen LogP contribution in [0.15, 0.2) is 31.0 Å². The molecular weight excluding hydrogens is 152 g/mol. The molecule has 2 N–H and O–H groups in total. The monoisotopic (exact) mass is 164 g/mol. The third-order valence-electron chi connectivity index (χ3n) is 1.38. The Labute approximate surface area is 71.9 Å². The lowest BCUT2D eigenvalue weighted by molar-refractivity contribution is 0.348. The number of hydrogen-bond acceptors (Lipinski definition) is 3. The van der Waals surface area contributed by atoms with Gasteiger partial charge in [0, 0.05) is 18.8 Å². The van der Waals surface area contributed by atoms with Crippen LogP contribution >= 0.6 is 0 Å². The molecule has 0 saturated heterocycles. The molecule has 3 heteroatoms. The molecule has 0 aliphatic heterocycles. The van der Waals surface area contributed by atoms with E-state index in [0.717, 1.165) is 5.56 Å². The van der Waals surface area contributed by atoms with Crippen LogP contribution in [0.2, 0.25) is 0 Å². The number of nitrogens with zero attached hydrogens (tertiary/aromatic N) is 1. The van der Waals surface area contributed by atoms with Gasteiger partial charge in [-0.05, 0) is 5.56 Å². The number of pyridine rings is 1. The fourth-order valence-corrected chi connectivity index (χ4v) is 0.761. The third kappa shape index (κ3) is 2.36. The van der Waals surface area contributed by atoms with Gasteiger partial charge in [-0.2, -0.15) is 0 Å². The summed E-state index contributed by atoms with van der Waals surface area (Å²) in [5.74, 6) is 0.604. The molecule has 0 fully saturated rings. The maximum Gasteiger partial charge on any atom is 0.213 e. The maximum atomic E-state index is 5.40. The van der Waals surface area contributed by atoms with Crippen LogP contribution in [0.1, 0.15) is 5.56 Å². The van der Waals surface area contributed by atoms with Crippen LogP contribution in [-0.4, -0.2) is 11.6 Å². The van der Waals surface area contributed by atoms with Crippen LogP contribution in [0.5, 0.6) is 5.88 Å². The summed E-state index contributed by atoms with van der Waals surface area (Å²) in [5.41, 5.74) is 6.40. The highest BCUT2D eigenvalue weighted by molar-refractivity contribution is 5.17. The Morgan fingerprint density at radius 3 is 2.92 bits per heavy atom. The van der Waals surface area contributed by atoms with E-state index in [9.17, 15) is 0 Å². The normalized spacial score (nSPS) is 9.42. The molecule has 0 aliphatic carbocycles. The maximum absolute atomic E-state index is 5.40. The van der Waals surface area contributed by atoms with Gasteiger partial charge in [-0.3, -0.25) is 0 Å². The fraction of sp³-hybridized carbons (Fsp3) is 0.222. The van der Waals surface area contributed by atoms with Crippen LogP contribution in [0.4, 0.5) is 0 Å². The van der Waals surface area contributed by atoms with Gasteiger partial charge in [0.15, 0.2) is 0 Å². The average molecular weight is 164 g/mol. The summed E-state index contributed by atoms with van der Waals surface area (Å²) < 4.78 is 5.18. The lowest BCUT2D eigenvalue weighted by atomic mass is 10.3. The molecule has 64 valence electrons. The smallest absolute Gasteiger partial charge is 0.213 e. The van der Waals surface area contributed by atoms with Crippen molar-refractivity contribution >= 4 is 0 Å². The molecule has 0 unspecified atom stereocenters. The van der Waals surface area contributed by atoms with E-state index in [-0.39, 0.29) is 0 Å². The first-order valence-electron chi connectivity index (χ1n) is 3.75. The topological polar surface area (TPSA) is 48.1 Å². The van der Waals surface area contributed by atoms with Crippen LogP contribution in [-0.2, 0) is 6.54 Å². The van der Waals surface area contributed by atoms with Crippen molar-refractivity contribution in [3.63, 3.8) is 0 Å². The van der Waals surface area contributed by atoms with Crippen molar-refractivity contribution in [2.24, 2.45) is 5.73 Å². The minimum atomic E-state index is 0.481.